The molecule has 0 N–H and O–H groups in total. The summed E-state index contributed by atoms with van der Waals surface area (Å²) >= 11 is 0. The molecule has 0 saturated carbocycles. The number of fused-ring (bicyclic) bond motifs is 1. The predicted molar refractivity (Wildman–Crippen MR) is 40.7 cm³/mol. The van der Waals surface area contributed by atoms with Crippen molar-refractivity contribution in [3.8, 4) is 0 Å². The molecule has 2 rings (SSSR count). The summed E-state index contributed by atoms with van der Waals surface area (Å²) in [4.78, 5) is 7.97. The molecule has 0 bridgehead atoms. The molecule has 3 heteroatoms. The molecule has 0 fully saturated rings. The summed E-state index contributed by atoms with van der Waals surface area (Å²) < 4.78 is 0. The summed E-state index contributed by atoms with van der Waals surface area (Å²) in [5.41, 5.74) is 0.998. The van der Waals surface area contributed by atoms with E-state index in [1.54, 1.807) is 6.33 Å². The Balaban J connectivity index is 0.000000605. The van der Waals surface area contributed by atoms with Crippen molar-refractivity contribution in [2.45, 2.75) is 0 Å². The molecule has 1 heterocycles. The summed E-state index contributed by atoms with van der Waals surface area (Å²) in [6.45, 7) is 0. The fourth-order valence-electron chi connectivity index (χ4n) is 0.923. The summed E-state index contributed by atoms with van der Waals surface area (Å²) in [5, 5.41) is 1.09. The standard InChI is InChI=1S/C8H6N2.Na.H/c1-2-4-8-7(3-1)5-9-6-10-8;;/h1-6H;;/q;+1;-1. The van der Waals surface area contributed by atoms with Gasteiger partial charge in [0.15, 0.2) is 0 Å². The number of benzene rings is 1. The maximum absolute atomic E-state index is 4.07. The average molecular weight is 154 g/mol. The van der Waals surface area contributed by atoms with Crippen LogP contribution in [0.1, 0.15) is 1.43 Å². The molecular formula is C8H7N2Na. The van der Waals surface area contributed by atoms with Gasteiger partial charge in [-0.3, -0.25) is 0 Å². The number of aromatic nitrogens is 2. The van der Waals surface area contributed by atoms with Crippen LogP contribution in [0, 0.1) is 0 Å². The Kier molecular flexibility index (Phi) is 3.00. The van der Waals surface area contributed by atoms with Crippen LogP contribution < -0.4 is 29.6 Å². The van der Waals surface area contributed by atoms with E-state index in [1.807, 2.05) is 30.5 Å². The maximum Gasteiger partial charge on any atom is 1.00 e. The number of hydrogen-bond acceptors (Lipinski definition) is 2. The quantitative estimate of drug-likeness (QED) is 0.443. The van der Waals surface area contributed by atoms with Crippen molar-refractivity contribution >= 4 is 10.9 Å². The van der Waals surface area contributed by atoms with Gasteiger partial charge in [-0.25, -0.2) is 9.97 Å². The number of para-hydroxylation sites is 1. The van der Waals surface area contributed by atoms with E-state index in [4.69, 9.17) is 0 Å². The zero-order chi connectivity index (χ0) is 6.81. The summed E-state index contributed by atoms with van der Waals surface area (Å²) in [6.07, 6.45) is 3.37. The largest absolute Gasteiger partial charge is 1.00 e. The SMILES string of the molecule is [H-].[Na+].c1ccc2ncncc2c1. The molecule has 0 saturated heterocycles. The first-order chi connectivity index (χ1) is 4.97. The topological polar surface area (TPSA) is 25.8 Å². The van der Waals surface area contributed by atoms with Crippen molar-refractivity contribution in [2.24, 2.45) is 0 Å². The van der Waals surface area contributed by atoms with Gasteiger partial charge in [-0.15, -0.1) is 0 Å². The summed E-state index contributed by atoms with van der Waals surface area (Å²) in [5.74, 6) is 0. The van der Waals surface area contributed by atoms with Crippen molar-refractivity contribution in [1.82, 2.24) is 9.97 Å². The van der Waals surface area contributed by atoms with Gasteiger partial charge in [-0.2, -0.15) is 0 Å². The van der Waals surface area contributed by atoms with Crippen LogP contribution in [0.3, 0.4) is 0 Å². The third-order valence-corrected chi connectivity index (χ3v) is 1.41. The van der Waals surface area contributed by atoms with Gasteiger partial charge in [0.2, 0.25) is 0 Å². The van der Waals surface area contributed by atoms with Gasteiger partial charge in [0.1, 0.15) is 6.33 Å². The molecular weight excluding hydrogens is 147 g/mol. The van der Waals surface area contributed by atoms with E-state index in [0.717, 1.165) is 10.9 Å². The van der Waals surface area contributed by atoms with Crippen LogP contribution in [0.4, 0.5) is 0 Å². The van der Waals surface area contributed by atoms with Crippen molar-refractivity contribution in [2.75, 3.05) is 0 Å². The van der Waals surface area contributed by atoms with Crippen LogP contribution in [0.15, 0.2) is 36.8 Å². The smallest absolute Gasteiger partial charge is 1.00 e. The molecule has 2 nitrogen and oxygen atoms in total. The molecule has 0 atom stereocenters. The van der Waals surface area contributed by atoms with Crippen LogP contribution in [0.5, 0.6) is 0 Å². The van der Waals surface area contributed by atoms with E-state index in [1.165, 1.54) is 0 Å². The number of nitrogens with zero attached hydrogens (tertiary/aromatic N) is 2. The third-order valence-electron chi connectivity index (χ3n) is 1.41. The molecule has 0 aliphatic heterocycles. The fourth-order valence-corrected chi connectivity index (χ4v) is 0.923. The average Bonchev–Trinajstić information content (AvgIpc) is 2.05. The minimum atomic E-state index is 0. The molecule has 0 aliphatic carbocycles. The molecule has 11 heavy (non-hydrogen) atoms. The van der Waals surface area contributed by atoms with Gasteiger partial charge in [-0.1, -0.05) is 18.2 Å². The molecule has 0 amide bonds. The van der Waals surface area contributed by atoms with Crippen LogP contribution in [-0.4, -0.2) is 9.97 Å². The van der Waals surface area contributed by atoms with Crippen LogP contribution in [-0.2, 0) is 0 Å². The van der Waals surface area contributed by atoms with Gasteiger partial charge in [0, 0.05) is 11.6 Å². The van der Waals surface area contributed by atoms with Crippen LogP contribution in [0.25, 0.3) is 10.9 Å². The van der Waals surface area contributed by atoms with Gasteiger partial charge >= 0.3 is 29.6 Å². The fraction of sp³-hybridized carbons (Fsp3) is 0. The predicted octanol–water partition coefficient (Wildman–Crippen LogP) is -1.25. The van der Waals surface area contributed by atoms with E-state index >= 15 is 0 Å². The second-order valence-electron chi connectivity index (χ2n) is 2.08. The second-order valence-corrected chi connectivity index (χ2v) is 2.08. The zero-order valence-corrected chi connectivity index (χ0v) is 8.36. The monoisotopic (exact) mass is 154 g/mol. The van der Waals surface area contributed by atoms with Crippen molar-refractivity contribution in [1.29, 1.82) is 0 Å². The number of rotatable bonds is 0. The molecule has 1 aromatic heterocycles. The van der Waals surface area contributed by atoms with E-state index in [-0.39, 0.29) is 31.0 Å². The first kappa shape index (κ1) is 8.65. The minimum absolute atomic E-state index is 0. The van der Waals surface area contributed by atoms with E-state index in [2.05, 4.69) is 9.97 Å². The van der Waals surface area contributed by atoms with Crippen molar-refractivity contribution in [3.63, 3.8) is 0 Å². The summed E-state index contributed by atoms with van der Waals surface area (Å²) in [6, 6.07) is 7.91. The Hall–Kier alpha value is -0.440. The van der Waals surface area contributed by atoms with Gasteiger partial charge < -0.3 is 1.43 Å². The third kappa shape index (κ3) is 1.77. The van der Waals surface area contributed by atoms with E-state index < -0.39 is 0 Å². The molecule has 0 unspecified atom stereocenters. The van der Waals surface area contributed by atoms with Crippen LogP contribution >= 0.6 is 0 Å². The van der Waals surface area contributed by atoms with Gasteiger partial charge in [0.05, 0.1) is 5.52 Å². The number of hydrogen-bond donors (Lipinski definition) is 0. The Labute approximate surface area is 88.5 Å². The van der Waals surface area contributed by atoms with Gasteiger partial charge in [0.25, 0.3) is 0 Å². The normalized spacial score (nSPS) is 9.09. The second kappa shape index (κ2) is 3.81. The van der Waals surface area contributed by atoms with E-state index in [9.17, 15) is 0 Å². The first-order valence-corrected chi connectivity index (χ1v) is 3.11. The zero-order valence-electron chi connectivity index (χ0n) is 7.36. The van der Waals surface area contributed by atoms with Crippen LogP contribution in [0.2, 0.25) is 0 Å². The minimum Gasteiger partial charge on any atom is -1.00 e. The Morgan fingerprint density at radius 3 is 2.82 bits per heavy atom. The van der Waals surface area contributed by atoms with Crippen molar-refractivity contribution in [3.05, 3.63) is 36.8 Å². The molecule has 0 aliphatic rings. The Morgan fingerprint density at radius 1 is 1.18 bits per heavy atom. The first-order valence-electron chi connectivity index (χ1n) is 3.11. The molecule has 50 valence electrons. The summed E-state index contributed by atoms with van der Waals surface area (Å²) in [7, 11) is 0. The molecule has 0 spiro atoms. The maximum atomic E-state index is 4.07. The van der Waals surface area contributed by atoms with Crippen molar-refractivity contribution < 1.29 is 31.0 Å². The molecule has 2 aromatic rings. The Morgan fingerprint density at radius 2 is 2.00 bits per heavy atom. The molecule has 0 radical (unpaired) electrons. The molecule has 1 aromatic carbocycles. The van der Waals surface area contributed by atoms with Gasteiger partial charge in [-0.05, 0) is 6.07 Å². The van der Waals surface area contributed by atoms with E-state index in [0.29, 0.717) is 0 Å². The Bertz CT molecular complexity index is 288.